The maximum Gasteiger partial charge on any atom is 0.408 e. The van der Waals surface area contributed by atoms with Crippen LogP contribution < -0.4 is 10.6 Å². The van der Waals surface area contributed by atoms with Crippen molar-refractivity contribution in [3.8, 4) is 0 Å². The smallest absolute Gasteiger partial charge is 0.408 e. The zero-order chi connectivity index (χ0) is 37.3. The molecule has 50 heavy (non-hydrogen) atoms. The second kappa shape index (κ2) is 18.3. The number of carbonyl (C=O) groups is 5. The highest BCUT2D eigenvalue weighted by molar-refractivity contribution is 9.10. The van der Waals surface area contributed by atoms with E-state index in [-0.39, 0.29) is 30.1 Å². The van der Waals surface area contributed by atoms with Crippen LogP contribution in [-0.2, 0) is 30.3 Å². The molecular formula is C37H57BrFN5O6. The van der Waals surface area contributed by atoms with Crippen LogP contribution in [0.5, 0.6) is 0 Å². The second-order valence-corrected chi connectivity index (χ2v) is 16.2. The molecule has 1 aliphatic carbocycles. The van der Waals surface area contributed by atoms with E-state index in [0.717, 1.165) is 38.5 Å². The summed E-state index contributed by atoms with van der Waals surface area (Å²) in [5, 5.41) is 5.70. The van der Waals surface area contributed by atoms with E-state index in [1.165, 1.54) is 21.9 Å². The molecule has 11 nitrogen and oxygen atoms in total. The van der Waals surface area contributed by atoms with Gasteiger partial charge in [0.05, 0.1) is 0 Å². The summed E-state index contributed by atoms with van der Waals surface area (Å²) in [5.74, 6) is -2.08. The van der Waals surface area contributed by atoms with E-state index in [9.17, 15) is 28.4 Å². The fourth-order valence-electron chi connectivity index (χ4n) is 6.36. The molecule has 5 amide bonds. The largest absolute Gasteiger partial charge is 0.444 e. The van der Waals surface area contributed by atoms with Crippen LogP contribution >= 0.6 is 15.9 Å². The van der Waals surface area contributed by atoms with E-state index in [2.05, 4.69) is 26.6 Å². The Hall–Kier alpha value is -3.22. The normalized spacial score (nSPS) is 22.6. The standard InChI is InChI=1S/C37H57BrFN5O6/c1-23(2)20-28-33(46)44(8)30(22-25-21-26(39)17-18-27(25)38)34(47)42(6)19-13-11-9-10-12-14-29(32(45)40-28)43(7)35(48)31(24-15-16-24)41-36(49)50-37(3,4)5/h17-18,21,23-24,28-31H,9-16,19-20,22H2,1-8H3,(H,40,45)(H,41,49)/t28-,29-,30-,31-/m0/s1. The minimum atomic E-state index is -0.984. The third-order valence-electron chi connectivity index (χ3n) is 9.34. The first-order chi connectivity index (χ1) is 23.4. The Balaban J connectivity index is 1.94. The van der Waals surface area contributed by atoms with Crippen molar-refractivity contribution < 1.29 is 33.1 Å². The Bertz CT molecular complexity index is 1370. The van der Waals surface area contributed by atoms with Gasteiger partial charge in [0.25, 0.3) is 0 Å². The average molecular weight is 767 g/mol. The monoisotopic (exact) mass is 765 g/mol. The van der Waals surface area contributed by atoms with Crippen molar-refractivity contribution >= 4 is 45.7 Å². The number of carbonyl (C=O) groups excluding carboxylic acids is 5. The van der Waals surface area contributed by atoms with Gasteiger partial charge in [0.2, 0.25) is 23.6 Å². The molecule has 2 N–H and O–H groups in total. The number of alkyl carbamates (subject to hydrolysis) is 1. The lowest BCUT2D eigenvalue weighted by atomic mass is 9.98. The van der Waals surface area contributed by atoms with E-state index < -0.39 is 53.5 Å². The lowest BCUT2D eigenvalue weighted by molar-refractivity contribution is -0.147. The van der Waals surface area contributed by atoms with Gasteiger partial charge in [-0.2, -0.15) is 0 Å². The van der Waals surface area contributed by atoms with Gasteiger partial charge >= 0.3 is 6.09 Å². The number of hydrogen-bond donors (Lipinski definition) is 2. The fraction of sp³-hybridized carbons (Fsp3) is 0.703. The van der Waals surface area contributed by atoms with Gasteiger partial charge in [-0.25, -0.2) is 9.18 Å². The molecule has 13 heteroatoms. The number of rotatable bonds is 8. The topological polar surface area (TPSA) is 128 Å². The number of nitrogens with one attached hydrogen (secondary N) is 2. The summed E-state index contributed by atoms with van der Waals surface area (Å²) in [5.41, 5.74) is -0.200. The van der Waals surface area contributed by atoms with Crippen LogP contribution in [0.25, 0.3) is 0 Å². The molecule has 0 radical (unpaired) electrons. The molecule has 0 bridgehead atoms. The summed E-state index contributed by atoms with van der Waals surface area (Å²) in [6.07, 6.45) is 5.59. The molecule has 2 fully saturated rings. The van der Waals surface area contributed by atoms with Crippen LogP contribution in [0.4, 0.5) is 9.18 Å². The van der Waals surface area contributed by atoms with Crippen molar-refractivity contribution in [2.45, 2.75) is 129 Å². The molecule has 0 unspecified atom stereocenters. The van der Waals surface area contributed by atoms with Gasteiger partial charge in [0.1, 0.15) is 35.6 Å². The Morgan fingerprint density at radius 3 is 2.30 bits per heavy atom. The third-order valence-corrected chi connectivity index (χ3v) is 10.1. The molecule has 0 spiro atoms. The lowest BCUT2D eigenvalue weighted by Gasteiger charge is -2.36. The molecule has 1 saturated heterocycles. The molecule has 280 valence electrons. The Labute approximate surface area is 305 Å². The SMILES string of the molecule is CC(C)C[C@@H]1NC(=O)[C@@H](N(C)C(=O)[C@@H](NC(=O)OC(C)(C)C)C2CC2)CCCCCCCN(C)C(=O)[C@H](Cc2cc(F)ccc2Br)N(C)C1=O. The average Bonchev–Trinajstić information content (AvgIpc) is 3.87. The van der Waals surface area contributed by atoms with Gasteiger partial charge < -0.3 is 30.1 Å². The van der Waals surface area contributed by atoms with Crippen molar-refractivity contribution in [2.24, 2.45) is 11.8 Å². The van der Waals surface area contributed by atoms with Gasteiger partial charge in [-0.1, -0.05) is 55.5 Å². The zero-order valence-corrected chi connectivity index (χ0v) is 32.6. The number of hydrogen-bond acceptors (Lipinski definition) is 6. The number of amides is 5. The molecule has 1 aromatic rings. The Morgan fingerprint density at radius 1 is 1.04 bits per heavy atom. The summed E-state index contributed by atoms with van der Waals surface area (Å²) in [7, 11) is 4.84. The molecule has 1 aromatic carbocycles. The molecule has 1 aliphatic heterocycles. The maximum absolute atomic E-state index is 14.3. The van der Waals surface area contributed by atoms with Crippen molar-refractivity contribution in [3.63, 3.8) is 0 Å². The van der Waals surface area contributed by atoms with Gasteiger partial charge in [0, 0.05) is 38.6 Å². The summed E-state index contributed by atoms with van der Waals surface area (Å²) in [4.78, 5) is 73.5. The molecule has 4 atom stereocenters. The number of nitrogens with zero attached hydrogens (tertiary/aromatic N) is 3. The van der Waals surface area contributed by atoms with Crippen LogP contribution in [0.3, 0.4) is 0 Å². The minimum Gasteiger partial charge on any atom is -0.444 e. The van der Waals surface area contributed by atoms with E-state index in [1.807, 2.05) is 13.8 Å². The quantitative estimate of drug-likeness (QED) is 0.364. The number of halogens is 2. The van der Waals surface area contributed by atoms with Gasteiger partial charge in [0.15, 0.2) is 0 Å². The van der Waals surface area contributed by atoms with E-state index in [4.69, 9.17) is 4.74 Å². The van der Waals surface area contributed by atoms with Crippen molar-refractivity contribution in [2.75, 3.05) is 27.7 Å². The van der Waals surface area contributed by atoms with E-state index >= 15 is 0 Å². The van der Waals surface area contributed by atoms with Crippen LogP contribution in [-0.4, -0.2) is 102 Å². The predicted molar refractivity (Wildman–Crippen MR) is 194 cm³/mol. The lowest BCUT2D eigenvalue weighted by Crippen LogP contribution is -2.59. The second-order valence-electron chi connectivity index (χ2n) is 15.3. The van der Waals surface area contributed by atoms with Crippen LogP contribution in [0.1, 0.15) is 98.0 Å². The highest BCUT2D eigenvalue weighted by Gasteiger charge is 2.42. The fourth-order valence-corrected chi connectivity index (χ4v) is 6.77. The molecule has 1 heterocycles. The van der Waals surface area contributed by atoms with E-state index in [0.29, 0.717) is 35.8 Å². The van der Waals surface area contributed by atoms with E-state index in [1.54, 1.807) is 52.9 Å². The number of benzene rings is 1. The first kappa shape index (κ1) is 41.2. The van der Waals surface area contributed by atoms with Crippen molar-refractivity contribution in [1.29, 1.82) is 0 Å². The summed E-state index contributed by atoms with van der Waals surface area (Å²) < 4.78 is 20.4. The molecule has 2 aliphatic rings. The summed E-state index contributed by atoms with van der Waals surface area (Å²) >= 11 is 3.47. The summed E-state index contributed by atoms with van der Waals surface area (Å²) in [6.45, 7) is 9.63. The van der Waals surface area contributed by atoms with Crippen molar-refractivity contribution in [3.05, 3.63) is 34.1 Å². The molecular weight excluding hydrogens is 709 g/mol. The van der Waals surface area contributed by atoms with Gasteiger partial charge in [-0.15, -0.1) is 0 Å². The summed E-state index contributed by atoms with van der Waals surface area (Å²) in [6, 6.07) is 0.580. The zero-order valence-electron chi connectivity index (χ0n) is 31.0. The predicted octanol–water partition coefficient (Wildman–Crippen LogP) is 5.43. The Kier molecular flexibility index (Phi) is 15.1. The molecule has 1 saturated carbocycles. The van der Waals surface area contributed by atoms with Gasteiger partial charge in [-0.3, -0.25) is 19.2 Å². The van der Waals surface area contributed by atoms with Crippen LogP contribution in [0.15, 0.2) is 22.7 Å². The van der Waals surface area contributed by atoms with Crippen molar-refractivity contribution in [1.82, 2.24) is 25.3 Å². The van der Waals surface area contributed by atoms with Crippen LogP contribution in [0, 0.1) is 17.7 Å². The first-order valence-electron chi connectivity index (χ1n) is 17.9. The Morgan fingerprint density at radius 2 is 1.68 bits per heavy atom. The highest BCUT2D eigenvalue weighted by Crippen LogP contribution is 2.34. The minimum absolute atomic E-state index is 0.00696. The highest BCUT2D eigenvalue weighted by atomic mass is 79.9. The van der Waals surface area contributed by atoms with Crippen LogP contribution in [0.2, 0.25) is 0 Å². The third kappa shape index (κ3) is 12.2. The number of ether oxygens (including phenoxy) is 1. The molecule has 3 rings (SSSR count). The number of likely N-dealkylation sites (N-methyl/N-ethyl adjacent to an activating group) is 3. The van der Waals surface area contributed by atoms with Gasteiger partial charge in [-0.05, 0) is 88.5 Å². The molecule has 0 aromatic heterocycles. The first-order valence-corrected chi connectivity index (χ1v) is 18.7. The maximum atomic E-state index is 14.3.